The highest BCUT2D eigenvalue weighted by atomic mass is 16.4. The number of aliphatic hydroxyl groups excluding tert-OH is 1. The van der Waals surface area contributed by atoms with Gasteiger partial charge in [-0.15, -0.1) is 0 Å². The van der Waals surface area contributed by atoms with Crippen molar-refractivity contribution in [2.24, 2.45) is 0 Å². The summed E-state index contributed by atoms with van der Waals surface area (Å²) in [6.45, 7) is 1.49. The Morgan fingerprint density at radius 3 is 2.56 bits per heavy atom. The maximum atomic E-state index is 13.2. The van der Waals surface area contributed by atoms with E-state index in [2.05, 4.69) is 0 Å². The molecule has 9 nitrogen and oxygen atoms in total. The summed E-state index contributed by atoms with van der Waals surface area (Å²) in [5.41, 5.74) is -0.186. The van der Waals surface area contributed by atoms with Crippen molar-refractivity contribution in [2.45, 2.75) is 38.6 Å². The smallest absolute Gasteiger partial charge is 0.340 e. The highest BCUT2D eigenvalue weighted by Gasteiger charge is 2.40. The Morgan fingerprint density at radius 2 is 1.97 bits per heavy atom. The van der Waals surface area contributed by atoms with Gasteiger partial charge in [-0.1, -0.05) is 6.92 Å². The summed E-state index contributed by atoms with van der Waals surface area (Å²) >= 11 is 0. The average Bonchev–Trinajstić information content (AvgIpc) is 3.11. The van der Waals surface area contributed by atoms with Crippen molar-refractivity contribution in [1.82, 2.24) is 14.5 Å². The number of carboxylic acids is 1. The molecule has 0 radical (unpaired) electrons. The van der Waals surface area contributed by atoms with Crippen LogP contribution in [0.2, 0.25) is 0 Å². The van der Waals surface area contributed by atoms with Gasteiger partial charge in [-0.05, 0) is 44.8 Å². The normalized spacial score (nSPS) is 14.4. The zero-order chi connectivity index (χ0) is 23.4. The summed E-state index contributed by atoms with van der Waals surface area (Å²) in [6, 6.07) is 6.58. The number of nitrogens with zero attached hydrogens (tertiary/aromatic N) is 3. The van der Waals surface area contributed by atoms with E-state index in [0.717, 1.165) is 10.9 Å². The zero-order valence-corrected chi connectivity index (χ0v) is 18.1. The SMILES string of the molecule is CCC(O)(C(=O)O)c1cc2n(c(=O)c1CO)Cc1cc3c(CN(C)C)c(O)ccc3nc1-2. The van der Waals surface area contributed by atoms with Crippen molar-refractivity contribution in [1.29, 1.82) is 0 Å². The first-order valence-corrected chi connectivity index (χ1v) is 10.3. The van der Waals surface area contributed by atoms with Crippen molar-refractivity contribution >= 4 is 16.9 Å². The Morgan fingerprint density at radius 1 is 1.25 bits per heavy atom. The number of phenolic OH excluding ortho intramolecular Hbond substituents is 1. The van der Waals surface area contributed by atoms with Gasteiger partial charge in [-0.25, -0.2) is 9.78 Å². The van der Waals surface area contributed by atoms with E-state index in [4.69, 9.17) is 4.98 Å². The van der Waals surface area contributed by atoms with E-state index in [9.17, 15) is 30.0 Å². The summed E-state index contributed by atoms with van der Waals surface area (Å²) in [6.07, 6.45) is -0.177. The molecular formula is C23H25N3O6. The number of hydrogen-bond donors (Lipinski definition) is 4. The van der Waals surface area contributed by atoms with E-state index >= 15 is 0 Å². The highest BCUT2D eigenvalue weighted by molar-refractivity contribution is 5.89. The van der Waals surface area contributed by atoms with E-state index < -0.39 is 23.7 Å². The highest BCUT2D eigenvalue weighted by Crippen LogP contribution is 2.38. The van der Waals surface area contributed by atoms with Gasteiger partial charge in [0.15, 0.2) is 5.60 Å². The molecule has 3 heterocycles. The first kappa shape index (κ1) is 21.9. The van der Waals surface area contributed by atoms with Crippen LogP contribution in [-0.2, 0) is 30.1 Å². The fourth-order valence-corrected chi connectivity index (χ4v) is 4.35. The van der Waals surface area contributed by atoms with Crippen molar-refractivity contribution in [3.8, 4) is 17.1 Å². The van der Waals surface area contributed by atoms with Gasteiger partial charge in [0, 0.05) is 34.2 Å². The molecule has 1 aliphatic heterocycles. The summed E-state index contributed by atoms with van der Waals surface area (Å²) in [7, 11) is 3.79. The number of carboxylic acid groups (broad SMARTS) is 1. The van der Waals surface area contributed by atoms with Crippen LogP contribution in [0.15, 0.2) is 29.1 Å². The summed E-state index contributed by atoms with van der Waals surface area (Å²) < 4.78 is 1.43. The van der Waals surface area contributed by atoms with E-state index in [1.54, 1.807) is 12.1 Å². The molecule has 168 valence electrons. The number of aromatic hydroxyl groups is 1. The number of carbonyl (C=O) groups is 1. The van der Waals surface area contributed by atoms with Crippen LogP contribution in [0.4, 0.5) is 0 Å². The molecule has 0 saturated carbocycles. The minimum absolute atomic E-state index is 0.125. The van der Waals surface area contributed by atoms with Gasteiger partial charge < -0.3 is 29.9 Å². The third kappa shape index (κ3) is 3.17. The van der Waals surface area contributed by atoms with E-state index in [-0.39, 0.29) is 29.8 Å². The molecule has 4 N–H and O–H groups in total. The second kappa shape index (κ2) is 7.70. The molecule has 0 saturated heterocycles. The van der Waals surface area contributed by atoms with Crippen LogP contribution in [0.5, 0.6) is 5.75 Å². The summed E-state index contributed by atoms with van der Waals surface area (Å²) in [4.78, 5) is 31.6. The number of pyridine rings is 2. The van der Waals surface area contributed by atoms with E-state index in [1.807, 2.05) is 25.1 Å². The number of aliphatic hydroxyl groups is 2. The van der Waals surface area contributed by atoms with Crippen LogP contribution in [0.25, 0.3) is 22.3 Å². The first-order chi connectivity index (χ1) is 15.1. The minimum Gasteiger partial charge on any atom is -0.508 e. The van der Waals surface area contributed by atoms with Gasteiger partial charge in [-0.3, -0.25) is 4.79 Å². The third-order valence-corrected chi connectivity index (χ3v) is 6.08. The van der Waals surface area contributed by atoms with Gasteiger partial charge >= 0.3 is 5.97 Å². The monoisotopic (exact) mass is 439 g/mol. The van der Waals surface area contributed by atoms with Crippen LogP contribution in [0.3, 0.4) is 0 Å². The molecule has 9 heteroatoms. The molecule has 1 atom stereocenters. The Bertz CT molecular complexity index is 1310. The standard InChI is InChI=1S/C23H25N3O6/c1-4-23(32,22(30)31)16-8-18-20-12(9-26(18)21(29)15(16)11-27)7-13-14(10-25(2)3)19(28)6-5-17(13)24-20/h5-8,27-28,32H,4,9-11H2,1-3H3,(H,30,31). The fraction of sp³-hybridized carbons (Fsp3) is 0.348. The quantitative estimate of drug-likeness (QED) is 0.354. The van der Waals surface area contributed by atoms with E-state index in [0.29, 0.717) is 29.0 Å². The van der Waals surface area contributed by atoms with Crippen LogP contribution in [0, 0.1) is 0 Å². The molecule has 4 rings (SSSR count). The number of rotatable bonds is 6. The molecule has 0 spiro atoms. The molecule has 1 aliphatic rings. The lowest BCUT2D eigenvalue weighted by molar-refractivity contribution is -0.160. The summed E-state index contributed by atoms with van der Waals surface area (Å²) in [5.74, 6) is -1.34. The second-order valence-corrected chi connectivity index (χ2v) is 8.35. The molecule has 0 amide bonds. The Balaban J connectivity index is 1.99. The average molecular weight is 439 g/mol. The number of phenols is 1. The number of aromatic nitrogens is 2. The van der Waals surface area contributed by atoms with Gasteiger partial charge in [0.25, 0.3) is 5.56 Å². The van der Waals surface area contributed by atoms with Gasteiger partial charge in [0.2, 0.25) is 0 Å². The van der Waals surface area contributed by atoms with Crippen molar-refractivity contribution in [3.63, 3.8) is 0 Å². The molecule has 2 aromatic heterocycles. The lowest BCUT2D eigenvalue weighted by Crippen LogP contribution is -2.39. The van der Waals surface area contributed by atoms with Crippen LogP contribution in [0.1, 0.15) is 35.6 Å². The van der Waals surface area contributed by atoms with Gasteiger partial charge in [-0.2, -0.15) is 0 Å². The Labute approximate surface area is 183 Å². The van der Waals surface area contributed by atoms with Crippen molar-refractivity contribution in [3.05, 3.63) is 56.9 Å². The zero-order valence-electron chi connectivity index (χ0n) is 18.1. The largest absolute Gasteiger partial charge is 0.508 e. The molecular weight excluding hydrogens is 414 g/mol. The molecule has 0 fully saturated rings. The third-order valence-electron chi connectivity index (χ3n) is 6.08. The molecule has 1 unspecified atom stereocenters. The van der Waals surface area contributed by atoms with Crippen LogP contribution < -0.4 is 5.56 Å². The lowest BCUT2D eigenvalue weighted by atomic mass is 9.87. The molecule has 0 bridgehead atoms. The predicted octanol–water partition coefficient (Wildman–Crippen LogP) is 1.37. The maximum absolute atomic E-state index is 13.2. The second-order valence-electron chi connectivity index (χ2n) is 8.35. The maximum Gasteiger partial charge on any atom is 0.340 e. The Hall–Kier alpha value is -3.27. The topological polar surface area (TPSA) is 136 Å². The van der Waals surface area contributed by atoms with Crippen LogP contribution in [-0.4, -0.2) is 54.9 Å². The van der Waals surface area contributed by atoms with Gasteiger partial charge in [0.1, 0.15) is 5.75 Å². The Kier molecular flexibility index (Phi) is 5.28. The predicted molar refractivity (Wildman–Crippen MR) is 117 cm³/mol. The van der Waals surface area contributed by atoms with Crippen molar-refractivity contribution in [2.75, 3.05) is 14.1 Å². The number of fused-ring (bicyclic) bond motifs is 4. The molecule has 1 aromatic carbocycles. The van der Waals surface area contributed by atoms with Crippen molar-refractivity contribution < 1.29 is 25.2 Å². The van der Waals surface area contributed by atoms with Gasteiger partial charge in [0.05, 0.1) is 30.1 Å². The minimum atomic E-state index is -2.31. The van der Waals surface area contributed by atoms with Crippen LogP contribution >= 0.6 is 0 Å². The summed E-state index contributed by atoms with van der Waals surface area (Å²) in [5, 5.41) is 41.4. The fourth-order valence-electron chi connectivity index (χ4n) is 4.35. The molecule has 0 aliphatic carbocycles. The molecule has 32 heavy (non-hydrogen) atoms. The van der Waals surface area contributed by atoms with E-state index in [1.165, 1.54) is 17.6 Å². The number of benzene rings is 1. The number of aliphatic carboxylic acids is 1. The lowest BCUT2D eigenvalue weighted by Gasteiger charge is -2.25. The number of hydrogen-bond acceptors (Lipinski definition) is 7. The molecule has 3 aromatic rings. The first-order valence-electron chi connectivity index (χ1n) is 10.3.